The Hall–Kier alpha value is -4.97. The summed E-state index contributed by atoms with van der Waals surface area (Å²) in [5.74, 6) is 0.783. The molecule has 43 heavy (non-hydrogen) atoms. The zero-order chi connectivity index (χ0) is 30.7. The number of hydrogen-bond acceptors (Lipinski definition) is 7. The highest BCUT2D eigenvalue weighted by Gasteiger charge is 2.41. The molecule has 12 heteroatoms. The van der Waals surface area contributed by atoms with E-state index in [0.717, 1.165) is 22.6 Å². The molecule has 3 heterocycles. The van der Waals surface area contributed by atoms with Crippen molar-refractivity contribution < 1.29 is 19.2 Å². The van der Waals surface area contributed by atoms with Crippen LogP contribution in [0.5, 0.6) is 11.5 Å². The summed E-state index contributed by atoms with van der Waals surface area (Å²) in [5.41, 5.74) is 4.27. The van der Waals surface area contributed by atoms with E-state index >= 15 is 0 Å². The van der Waals surface area contributed by atoms with Crippen molar-refractivity contribution in [1.82, 2.24) is 19.8 Å². The average Bonchev–Trinajstić information content (AvgIpc) is 3.50. The molecule has 1 aliphatic rings. The van der Waals surface area contributed by atoms with Gasteiger partial charge in [0.05, 0.1) is 48.7 Å². The zero-order valence-electron chi connectivity index (χ0n) is 24.2. The quantitative estimate of drug-likeness (QED) is 0.140. The summed E-state index contributed by atoms with van der Waals surface area (Å²) in [6.07, 6.45) is 1.89. The first-order chi connectivity index (χ1) is 20.7. The normalized spacial score (nSPS) is 16.1. The maximum absolute atomic E-state index is 13.1. The second-order valence-corrected chi connectivity index (χ2v) is 10.5. The third-order valence-electron chi connectivity index (χ3n) is 7.57. The van der Waals surface area contributed by atoms with Gasteiger partial charge in [-0.15, -0.1) is 0 Å². The minimum absolute atomic E-state index is 0.0705. The molecule has 2 unspecified atom stereocenters. The monoisotopic (exact) mass is 600 g/mol. The van der Waals surface area contributed by atoms with Gasteiger partial charge in [0.2, 0.25) is 5.91 Å². The van der Waals surface area contributed by atoms with Crippen molar-refractivity contribution in [1.29, 1.82) is 0 Å². The van der Waals surface area contributed by atoms with Crippen LogP contribution in [-0.2, 0) is 4.79 Å². The molecular formula is C31H32N6O5S. The first-order valence-corrected chi connectivity index (χ1v) is 14.1. The number of thiocarbonyl (C=S) groups is 1. The average molecular weight is 601 g/mol. The first-order valence-electron chi connectivity index (χ1n) is 13.7. The standard InChI is InChI=1S/C31H32N6O5S/c1-19-17-22(20(2)36(19)25-13-12-21(41-3)18-26(25)37(39)40)30-29(24-10-7-8-15-32-24)34-31(43)35(30)16-14-28(38)33-23-9-5-6-11-27(23)42-4/h5-13,15,17-18,29-30H,14,16H2,1-4H3,(H,33,38)(H,34,43). The number of carbonyl (C=O) groups is 1. The van der Waals surface area contributed by atoms with E-state index in [1.165, 1.54) is 13.2 Å². The number of nitro benzene ring substituents is 1. The number of carbonyl (C=O) groups excluding carboxylic acids is 1. The van der Waals surface area contributed by atoms with Gasteiger partial charge in [-0.1, -0.05) is 18.2 Å². The number of ether oxygens (including phenoxy) is 2. The van der Waals surface area contributed by atoms with Crippen molar-refractivity contribution in [3.05, 3.63) is 106 Å². The van der Waals surface area contributed by atoms with Crippen LogP contribution < -0.4 is 20.1 Å². The van der Waals surface area contributed by atoms with Crippen LogP contribution in [0, 0.1) is 24.0 Å². The molecule has 1 aliphatic heterocycles. The first kappa shape index (κ1) is 29.5. The number of amides is 1. The Balaban J connectivity index is 1.51. The van der Waals surface area contributed by atoms with Gasteiger partial charge in [0.15, 0.2) is 5.11 Å². The van der Waals surface area contributed by atoms with Crippen LogP contribution in [0.2, 0.25) is 0 Å². The van der Waals surface area contributed by atoms with Crippen LogP contribution in [0.25, 0.3) is 5.69 Å². The van der Waals surface area contributed by atoms with E-state index < -0.39 is 4.92 Å². The highest BCUT2D eigenvalue weighted by Crippen LogP contribution is 2.42. The zero-order valence-corrected chi connectivity index (χ0v) is 25.1. The fraction of sp³-hybridized carbons (Fsp3) is 0.258. The van der Waals surface area contributed by atoms with Gasteiger partial charge in [-0.05, 0) is 74.1 Å². The Morgan fingerprint density at radius 2 is 1.86 bits per heavy atom. The molecule has 2 atom stereocenters. The lowest BCUT2D eigenvalue weighted by atomic mass is 9.96. The van der Waals surface area contributed by atoms with Gasteiger partial charge in [-0.2, -0.15) is 0 Å². The predicted octanol–water partition coefficient (Wildman–Crippen LogP) is 5.42. The molecule has 5 rings (SSSR count). The molecule has 11 nitrogen and oxygen atoms in total. The van der Waals surface area contributed by atoms with Crippen LogP contribution >= 0.6 is 12.2 Å². The summed E-state index contributed by atoms with van der Waals surface area (Å²) in [5, 5.41) is 18.9. The third kappa shape index (κ3) is 5.86. The number of methoxy groups -OCH3 is 2. The van der Waals surface area contributed by atoms with Crippen molar-refractivity contribution in [2.24, 2.45) is 0 Å². The molecule has 0 radical (unpaired) electrons. The molecular weight excluding hydrogens is 568 g/mol. The van der Waals surface area contributed by atoms with Gasteiger partial charge in [-0.25, -0.2) is 0 Å². The van der Waals surface area contributed by atoms with Crippen LogP contribution in [-0.4, -0.2) is 51.2 Å². The third-order valence-corrected chi connectivity index (χ3v) is 7.92. The smallest absolute Gasteiger partial charge is 0.296 e. The highest BCUT2D eigenvalue weighted by molar-refractivity contribution is 7.80. The second-order valence-electron chi connectivity index (χ2n) is 10.1. The minimum atomic E-state index is -0.411. The number of pyridine rings is 1. The summed E-state index contributed by atoms with van der Waals surface area (Å²) >= 11 is 5.80. The molecule has 2 N–H and O–H groups in total. The Bertz CT molecular complexity index is 1670. The lowest BCUT2D eigenvalue weighted by Crippen LogP contribution is -2.33. The number of nitro groups is 1. The Morgan fingerprint density at radius 1 is 1.09 bits per heavy atom. The largest absolute Gasteiger partial charge is 0.496 e. The molecule has 222 valence electrons. The maximum atomic E-state index is 13.1. The van der Waals surface area contributed by atoms with Crippen molar-refractivity contribution in [3.63, 3.8) is 0 Å². The summed E-state index contributed by atoms with van der Waals surface area (Å²) in [4.78, 5) is 31.3. The van der Waals surface area contributed by atoms with Crippen molar-refractivity contribution in [3.8, 4) is 17.2 Å². The number of nitrogens with one attached hydrogen (secondary N) is 2. The molecule has 1 amide bonds. The van der Waals surface area contributed by atoms with E-state index in [1.807, 2.05) is 59.7 Å². The van der Waals surface area contributed by atoms with Crippen LogP contribution in [0.4, 0.5) is 11.4 Å². The second kappa shape index (κ2) is 12.5. The van der Waals surface area contributed by atoms with E-state index in [-0.39, 0.29) is 30.1 Å². The number of benzene rings is 2. The van der Waals surface area contributed by atoms with E-state index in [2.05, 4.69) is 15.6 Å². The number of aromatic nitrogens is 2. The molecule has 1 saturated heterocycles. The van der Waals surface area contributed by atoms with Crippen LogP contribution in [0.15, 0.2) is 72.9 Å². The molecule has 2 aromatic heterocycles. The Labute approximate surface area is 254 Å². The van der Waals surface area contributed by atoms with Gasteiger partial charge in [0.25, 0.3) is 5.69 Å². The molecule has 0 spiro atoms. The molecule has 2 aromatic carbocycles. The van der Waals surface area contributed by atoms with Gasteiger partial charge in [0, 0.05) is 30.6 Å². The van der Waals surface area contributed by atoms with Gasteiger partial charge in [-0.3, -0.25) is 19.9 Å². The van der Waals surface area contributed by atoms with Gasteiger partial charge < -0.3 is 29.6 Å². The number of aryl methyl sites for hydroxylation is 1. The summed E-state index contributed by atoms with van der Waals surface area (Å²) in [7, 11) is 3.03. The summed E-state index contributed by atoms with van der Waals surface area (Å²) in [6, 6.07) is 19.1. The molecule has 0 saturated carbocycles. The summed E-state index contributed by atoms with van der Waals surface area (Å²) < 4.78 is 12.5. The molecule has 0 aliphatic carbocycles. The SMILES string of the molecule is COc1ccc(-n2c(C)cc(C3C(c4ccccn4)NC(=S)N3CCC(=O)Nc3ccccc3OC)c2C)c([N+](=O)[O-])c1. The molecule has 0 bridgehead atoms. The van der Waals surface area contributed by atoms with Gasteiger partial charge in [0.1, 0.15) is 17.2 Å². The minimum Gasteiger partial charge on any atom is -0.496 e. The van der Waals surface area contributed by atoms with Crippen molar-refractivity contribution in [2.75, 3.05) is 26.1 Å². The topological polar surface area (TPSA) is 124 Å². The van der Waals surface area contributed by atoms with Crippen molar-refractivity contribution >= 4 is 34.6 Å². The van der Waals surface area contributed by atoms with E-state index in [9.17, 15) is 14.9 Å². The maximum Gasteiger partial charge on any atom is 0.296 e. The van der Waals surface area contributed by atoms with E-state index in [4.69, 9.17) is 21.7 Å². The number of para-hydroxylation sites is 2. The van der Waals surface area contributed by atoms with E-state index in [1.54, 1.807) is 37.6 Å². The fourth-order valence-electron chi connectivity index (χ4n) is 5.59. The van der Waals surface area contributed by atoms with Crippen LogP contribution in [0.1, 0.15) is 41.1 Å². The lowest BCUT2D eigenvalue weighted by molar-refractivity contribution is -0.384. The number of hydrogen-bond donors (Lipinski definition) is 2. The molecule has 1 fully saturated rings. The predicted molar refractivity (Wildman–Crippen MR) is 167 cm³/mol. The number of rotatable bonds is 10. The number of nitrogens with zero attached hydrogens (tertiary/aromatic N) is 4. The van der Waals surface area contributed by atoms with Crippen LogP contribution in [0.3, 0.4) is 0 Å². The Morgan fingerprint density at radius 3 is 2.56 bits per heavy atom. The Kier molecular flexibility index (Phi) is 8.58. The van der Waals surface area contributed by atoms with E-state index in [0.29, 0.717) is 34.5 Å². The lowest BCUT2D eigenvalue weighted by Gasteiger charge is -2.28. The van der Waals surface area contributed by atoms with Crippen molar-refractivity contribution in [2.45, 2.75) is 32.4 Å². The summed E-state index contributed by atoms with van der Waals surface area (Å²) in [6.45, 7) is 4.17. The fourth-order valence-corrected chi connectivity index (χ4v) is 5.92. The number of anilines is 1. The molecule has 4 aromatic rings. The van der Waals surface area contributed by atoms with Gasteiger partial charge >= 0.3 is 0 Å². The highest BCUT2D eigenvalue weighted by atomic mass is 32.1.